The van der Waals surface area contributed by atoms with E-state index in [0.717, 1.165) is 6.20 Å². The van der Waals surface area contributed by atoms with E-state index in [9.17, 15) is 9.50 Å². The third-order valence-electron chi connectivity index (χ3n) is 2.99. The van der Waals surface area contributed by atoms with Crippen molar-refractivity contribution >= 4 is 11.6 Å². The molecule has 0 aliphatic heterocycles. The zero-order valence-corrected chi connectivity index (χ0v) is 11.9. The van der Waals surface area contributed by atoms with Crippen molar-refractivity contribution in [2.75, 3.05) is 13.7 Å². The van der Waals surface area contributed by atoms with Crippen molar-refractivity contribution in [3.8, 4) is 0 Å². The van der Waals surface area contributed by atoms with E-state index in [0.29, 0.717) is 29.6 Å². The fourth-order valence-electron chi connectivity index (χ4n) is 1.98. The number of halogens is 2. The van der Waals surface area contributed by atoms with Crippen molar-refractivity contribution in [1.82, 2.24) is 14.8 Å². The third-order valence-corrected chi connectivity index (χ3v) is 3.27. The lowest BCUT2D eigenvalue weighted by Crippen LogP contribution is -2.29. The molecule has 20 heavy (non-hydrogen) atoms. The highest BCUT2D eigenvalue weighted by molar-refractivity contribution is 6.31. The highest BCUT2D eigenvalue weighted by Gasteiger charge is 2.33. The lowest BCUT2D eigenvalue weighted by Gasteiger charge is -2.24. The molecule has 0 spiro atoms. The summed E-state index contributed by atoms with van der Waals surface area (Å²) in [5.74, 6) is -0.469. The van der Waals surface area contributed by atoms with Gasteiger partial charge in [0, 0.05) is 7.11 Å². The standard InChI is InChI=1S/C13H15ClFN3O2/c1-13(19,11-4-3-9(15)7-16-11)12-10(14)8-17-18(12)5-6-20-2/h3-4,7-8,19H,5-6H2,1-2H3. The maximum Gasteiger partial charge on any atom is 0.147 e. The van der Waals surface area contributed by atoms with Gasteiger partial charge in [-0.15, -0.1) is 0 Å². The predicted octanol–water partition coefficient (Wildman–Crippen LogP) is 1.97. The Morgan fingerprint density at radius 3 is 2.80 bits per heavy atom. The number of ether oxygens (including phenoxy) is 1. The highest BCUT2D eigenvalue weighted by Crippen LogP contribution is 2.32. The van der Waals surface area contributed by atoms with E-state index >= 15 is 0 Å². The molecule has 1 atom stereocenters. The summed E-state index contributed by atoms with van der Waals surface area (Å²) >= 11 is 6.10. The van der Waals surface area contributed by atoms with Crippen LogP contribution in [0.5, 0.6) is 0 Å². The largest absolute Gasteiger partial charge is 0.383 e. The molecule has 0 radical (unpaired) electrons. The zero-order valence-electron chi connectivity index (χ0n) is 11.2. The van der Waals surface area contributed by atoms with Gasteiger partial charge in [0.2, 0.25) is 0 Å². The average Bonchev–Trinajstić information content (AvgIpc) is 2.78. The lowest BCUT2D eigenvalue weighted by atomic mass is 9.97. The Kier molecular flexibility index (Phi) is 4.37. The van der Waals surface area contributed by atoms with Crippen molar-refractivity contribution in [3.05, 3.63) is 46.8 Å². The summed E-state index contributed by atoms with van der Waals surface area (Å²) in [6.45, 7) is 2.41. The van der Waals surface area contributed by atoms with Crippen LogP contribution in [0.4, 0.5) is 4.39 Å². The summed E-state index contributed by atoms with van der Waals surface area (Å²) in [5.41, 5.74) is -0.787. The molecule has 2 aromatic rings. The fraction of sp³-hybridized carbons (Fsp3) is 0.385. The monoisotopic (exact) mass is 299 g/mol. The Labute approximate surface area is 121 Å². The molecule has 1 unspecified atom stereocenters. The minimum absolute atomic E-state index is 0.292. The van der Waals surface area contributed by atoms with Crippen LogP contribution in [0.3, 0.4) is 0 Å². The molecule has 1 N–H and O–H groups in total. The van der Waals surface area contributed by atoms with Gasteiger partial charge in [-0.25, -0.2) is 4.39 Å². The van der Waals surface area contributed by atoms with Crippen LogP contribution in [0.2, 0.25) is 5.02 Å². The van der Waals surface area contributed by atoms with Gasteiger partial charge in [0.15, 0.2) is 0 Å². The number of rotatable bonds is 5. The van der Waals surface area contributed by atoms with Crippen molar-refractivity contribution in [2.45, 2.75) is 19.1 Å². The van der Waals surface area contributed by atoms with Gasteiger partial charge in [-0.1, -0.05) is 11.6 Å². The van der Waals surface area contributed by atoms with E-state index in [1.807, 2.05) is 0 Å². The van der Waals surface area contributed by atoms with E-state index in [1.165, 1.54) is 18.3 Å². The van der Waals surface area contributed by atoms with E-state index in [2.05, 4.69) is 10.1 Å². The number of nitrogens with zero attached hydrogens (tertiary/aromatic N) is 3. The molecule has 2 heterocycles. The molecule has 0 amide bonds. The van der Waals surface area contributed by atoms with Crippen LogP contribution in [0.1, 0.15) is 18.3 Å². The molecule has 0 aliphatic carbocycles. The molecule has 0 aromatic carbocycles. The molecule has 0 saturated carbocycles. The first-order valence-corrected chi connectivity index (χ1v) is 6.39. The number of hydrogen-bond donors (Lipinski definition) is 1. The molecular formula is C13H15ClFN3O2. The molecule has 5 nitrogen and oxygen atoms in total. The molecule has 2 rings (SSSR count). The van der Waals surface area contributed by atoms with Crippen LogP contribution in [-0.4, -0.2) is 33.6 Å². The Morgan fingerprint density at radius 1 is 1.45 bits per heavy atom. The van der Waals surface area contributed by atoms with Crippen LogP contribution in [0.25, 0.3) is 0 Å². The fourth-order valence-corrected chi connectivity index (χ4v) is 2.30. The topological polar surface area (TPSA) is 60.2 Å². The predicted molar refractivity (Wildman–Crippen MR) is 72.0 cm³/mol. The van der Waals surface area contributed by atoms with Crippen LogP contribution < -0.4 is 0 Å². The van der Waals surface area contributed by atoms with Gasteiger partial charge in [-0.3, -0.25) is 9.67 Å². The molecule has 0 bridgehead atoms. The second-order valence-corrected chi connectivity index (χ2v) is 4.90. The number of aromatic nitrogens is 3. The first-order chi connectivity index (χ1) is 9.46. The van der Waals surface area contributed by atoms with Crippen LogP contribution in [-0.2, 0) is 16.9 Å². The van der Waals surface area contributed by atoms with Gasteiger partial charge in [-0.2, -0.15) is 5.10 Å². The minimum Gasteiger partial charge on any atom is -0.383 e. The minimum atomic E-state index is -1.48. The van der Waals surface area contributed by atoms with Crippen molar-refractivity contribution < 1.29 is 14.2 Å². The maximum absolute atomic E-state index is 12.9. The Balaban J connectivity index is 2.42. The number of aliphatic hydroxyl groups is 1. The Hall–Kier alpha value is -1.50. The Morgan fingerprint density at radius 2 is 2.20 bits per heavy atom. The molecule has 108 valence electrons. The normalized spacial score (nSPS) is 14.2. The molecule has 0 saturated heterocycles. The summed E-state index contributed by atoms with van der Waals surface area (Å²) in [4.78, 5) is 3.91. The van der Waals surface area contributed by atoms with Gasteiger partial charge in [0.05, 0.1) is 42.0 Å². The summed E-state index contributed by atoms with van der Waals surface area (Å²) in [6, 6.07) is 2.65. The van der Waals surface area contributed by atoms with E-state index in [4.69, 9.17) is 16.3 Å². The zero-order chi connectivity index (χ0) is 14.8. The van der Waals surface area contributed by atoms with Crippen LogP contribution >= 0.6 is 11.6 Å². The van der Waals surface area contributed by atoms with Crippen molar-refractivity contribution in [3.63, 3.8) is 0 Å². The van der Waals surface area contributed by atoms with Gasteiger partial charge < -0.3 is 9.84 Å². The summed E-state index contributed by atoms with van der Waals surface area (Å²) in [6.07, 6.45) is 2.50. The van der Waals surface area contributed by atoms with Crippen LogP contribution in [0, 0.1) is 5.82 Å². The first-order valence-electron chi connectivity index (χ1n) is 6.02. The smallest absolute Gasteiger partial charge is 0.147 e. The molecule has 0 fully saturated rings. The number of hydrogen-bond acceptors (Lipinski definition) is 4. The van der Waals surface area contributed by atoms with E-state index in [-0.39, 0.29) is 0 Å². The lowest BCUT2D eigenvalue weighted by molar-refractivity contribution is 0.0838. The Bertz CT molecular complexity index is 584. The molecular weight excluding hydrogens is 285 g/mol. The van der Waals surface area contributed by atoms with E-state index < -0.39 is 11.4 Å². The number of pyridine rings is 1. The highest BCUT2D eigenvalue weighted by atomic mass is 35.5. The van der Waals surface area contributed by atoms with Gasteiger partial charge in [0.1, 0.15) is 11.4 Å². The second kappa shape index (κ2) is 5.87. The van der Waals surface area contributed by atoms with Crippen molar-refractivity contribution in [1.29, 1.82) is 0 Å². The van der Waals surface area contributed by atoms with Gasteiger partial charge >= 0.3 is 0 Å². The van der Waals surface area contributed by atoms with E-state index in [1.54, 1.807) is 18.7 Å². The summed E-state index contributed by atoms with van der Waals surface area (Å²) < 4.78 is 19.5. The molecule has 2 aromatic heterocycles. The second-order valence-electron chi connectivity index (χ2n) is 4.49. The van der Waals surface area contributed by atoms with Crippen molar-refractivity contribution in [2.24, 2.45) is 0 Å². The maximum atomic E-state index is 12.9. The first kappa shape index (κ1) is 14.9. The molecule has 0 aliphatic rings. The van der Waals surface area contributed by atoms with Gasteiger partial charge in [-0.05, 0) is 19.1 Å². The number of methoxy groups -OCH3 is 1. The molecule has 7 heteroatoms. The quantitative estimate of drug-likeness (QED) is 0.917. The average molecular weight is 300 g/mol. The third kappa shape index (κ3) is 2.82. The van der Waals surface area contributed by atoms with Crippen LogP contribution in [0.15, 0.2) is 24.5 Å². The summed E-state index contributed by atoms with van der Waals surface area (Å²) in [5, 5.41) is 15.1. The SMILES string of the molecule is COCCn1ncc(Cl)c1C(C)(O)c1ccc(F)cn1. The van der Waals surface area contributed by atoms with Gasteiger partial charge in [0.25, 0.3) is 0 Å². The summed E-state index contributed by atoms with van der Waals surface area (Å²) in [7, 11) is 1.57.